The molecule has 6 nitrogen and oxygen atoms in total. The fraction of sp³-hybridized carbons (Fsp3) is 0.278. The van der Waals surface area contributed by atoms with Crippen molar-refractivity contribution in [2.45, 2.75) is 20.8 Å². The summed E-state index contributed by atoms with van der Waals surface area (Å²) < 4.78 is 0. The van der Waals surface area contributed by atoms with Crippen molar-refractivity contribution < 1.29 is 9.72 Å². The van der Waals surface area contributed by atoms with Gasteiger partial charge in [-0.25, -0.2) is 0 Å². The molecule has 0 aliphatic heterocycles. The number of nitro benzene ring substituents is 1. The Morgan fingerprint density at radius 1 is 1.12 bits per heavy atom. The second kappa shape index (κ2) is 7.59. The summed E-state index contributed by atoms with van der Waals surface area (Å²) in [5, 5.41) is 13.7. The average Bonchev–Trinajstić information content (AvgIpc) is 2.58. The van der Waals surface area contributed by atoms with Crippen LogP contribution < -0.4 is 10.2 Å². The van der Waals surface area contributed by atoms with Crippen LogP contribution in [0.5, 0.6) is 0 Å². The molecule has 126 valence electrons. The number of nitrogens with one attached hydrogen (secondary N) is 1. The van der Waals surface area contributed by atoms with Crippen molar-refractivity contribution in [3.63, 3.8) is 0 Å². The molecular weight excluding hydrogens is 306 g/mol. The van der Waals surface area contributed by atoms with Crippen LogP contribution in [0.3, 0.4) is 0 Å². The summed E-state index contributed by atoms with van der Waals surface area (Å²) in [6, 6.07) is 11.9. The van der Waals surface area contributed by atoms with E-state index in [0.29, 0.717) is 5.56 Å². The molecule has 0 heterocycles. The number of nitrogens with zero attached hydrogens (tertiary/aromatic N) is 2. The molecule has 2 rings (SSSR count). The number of amides is 1. The van der Waals surface area contributed by atoms with Crippen LogP contribution in [0, 0.1) is 17.0 Å². The smallest absolute Gasteiger partial charge is 0.293 e. The zero-order valence-electron chi connectivity index (χ0n) is 14.1. The van der Waals surface area contributed by atoms with Crippen molar-refractivity contribution >= 4 is 23.0 Å². The van der Waals surface area contributed by atoms with E-state index in [1.54, 1.807) is 31.2 Å². The maximum atomic E-state index is 12.3. The van der Waals surface area contributed by atoms with Gasteiger partial charge in [-0.2, -0.15) is 0 Å². The molecule has 0 atom stereocenters. The second-order valence-electron chi connectivity index (χ2n) is 5.45. The van der Waals surface area contributed by atoms with E-state index >= 15 is 0 Å². The van der Waals surface area contributed by atoms with E-state index in [9.17, 15) is 14.9 Å². The molecule has 0 aliphatic carbocycles. The predicted molar refractivity (Wildman–Crippen MR) is 95.8 cm³/mol. The lowest BCUT2D eigenvalue weighted by Crippen LogP contribution is -2.21. The number of anilines is 2. The molecule has 24 heavy (non-hydrogen) atoms. The first kappa shape index (κ1) is 17.5. The number of hydrogen-bond acceptors (Lipinski definition) is 4. The summed E-state index contributed by atoms with van der Waals surface area (Å²) >= 11 is 0. The minimum absolute atomic E-state index is 0.108. The highest BCUT2D eigenvalue weighted by Crippen LogP contribution is 2.26. The molecule has 0 aromatic heterocycles. The predicted octanol–water partition coefficient (Wildman–Crippen LogP) is 4.00. The summed E-state index contributed by atoms with van der Waals surface area (Å²) in [4.78, 5) is 25.2. The van der Waals surface area contributed by atoms with E-state index in [2.05, 4.69) is 24.1 Å². The molecule has 1 N–H and O–H groups in total. The Morgan fingerprint density at radius 3 is 2.29 bits per heavy atom. The van der Waals surface area contributed by atoms with Gasteiger partial charge in [0.25, 0.3) is 11.6 Å². The maximum absolute atomic E-state index is 12.3. The first-order valence-corrected chi connectivity index (χ1v) is 7.87. The van der Waals surface area contributed by atoms with Gasteiger partial charge in [0.15, 0.2) is 0 Å². The van der Waals surface area contributed by atoms with E-state index in [4.69, 9.17) is 0 Å². The van der Waals surface area contributed by atoms with E-state index < -0.39 is 4.92 Å². The first-order chi connectivity index (χ1) is 11.5. The molecule has 0 unspecified atom stereocenters. The van der Waals surface area contributed by atoms with Gasteiger partial charge in [0.1, 0.15) is 5.69 Å². The lowest BCUT2D eigenvalue weighted by molar-refractivity contribution is -0.384. The average molecular weight is 327 g/mol. The zero-order valence-corrected chi connectivity index (χ0v) is 14.1. The molecule has 1 amide bonds. The minimum Gasteiger partial charge on any atom is -0.372 e. The molecule has 0 saturated carbocycles. The molecule has 0 radical (unpaired) electrons. The van der Waals surface area contributed by atoms with Crippen LogP contribution >= 0.6 is 0 Å². The molecule has 2 aromatic carbocycles. The Hall–Kier alpha value is -2.89. The Balaban J connectivity index is 2.20. The third-order valence-corrected chi connectivity index (χ3v) is 3.86. The molecule has 0 spiro atoms. The van der Waals surface area contributed by atoms with E-state index in [-0.39, 0.29) is 17.3 Å². The zero-order chi connectivity index (χ0) is 17.7. The van der Waals surface area contributed by atoms with Crippen molar-refractivity contribution in [1.82, 2.24) is 0 Å². The van der Waals surface area contributed by atoms with Crippen molar-refractivity contribution in [2.75, 3.05) is 23.3 Å². The van der Waals surface area contributed by atoms with Gasteiger partial charge in [0.2, 0.25) is 0 Å². The summed E-state index contributed by atoms with van der Waals surface area (Å²) in [7, 11) is 0. The highest BCUT2D eigenvalue weighted by Gasteiger charge is 2.17. The number of carbonyl (C=O) groups excluding carboxylic acids is 1. The maximum Gasteiger partial charge on any atom is 0.293 e. The van der Waals surface area contributed by atoms with Crippen LogP contribution in [0.2, 0.25) is 0 Å². The van der Waals surface area contributed by atoms with Gasteiger partial charge in [0.05, 0.1) is 4.92 Å². The highest BCUT2D eigenvalue weighted by molar-refractivity contribution is 6.05. The summed E-state index contributed by atoms with van der Waals surface area (Å²) in [6.07, 6.45) is 0. The number of aryl methyl sites for hydroxylation is 1. The quantitative estimate of drug-likeness (QED) is 0.642. The van der Waals surface area contributed by atoms with Gasteiger partial charge in [0, 0.05) is 30.4 Å². The fourth-order valence-electron chi connectivity index (χ4n) is 2.51. The molecule has 6 heteroatoms. The van der Waals surface area contributed by atoms with Crippen LogP contribution in [-0.4, -0.2) is 23.9 Å². The second-order valence-corrected chi connectivity index (χ2v) is 5.45. The summed E-state index contributed by atoms with van der Waals surface area (Å²) in [6.45, 7) is 7.68. The first-order valence-electron chi connectivity index (χ1n) is 7.87. The number of carbonyl (C=O) groups is 1. The number of nitro groups is 1. The molecule has 0 aliphatic rings. The van der Waals surface area contributed by atoms with Gasteiger partial charge in [-0.3, -0.25) is 14.9 Å². The third-order valence-electron chi connectivity index (χ3n) is 3.86. The number of rotatable bonds is 6. The van der Waals surface area contributed by atoms with Crippen LogP contribution in [-0.2, 0) is 0 Å². The minimum atomic E-state index is -0.494. The normalized spacial score (nSPS) is 10.3. The van der Waals surface area contributed by atoms with Gasteiger partial charge in [-0.05, 0) is 56.7 Å². The molecule has 0 fully saturated rings. The van der Waals surface area contributed by atoms with E-state index in [1.165, 1.54) is 6.07 Å². The van der Waals surface area contributed by atoms with Crippen LogP contribution in [0.25, 0.3) is 0 Å². The van der Waals surface area contributed by atoms with Gasteiger partial charge >= 0.3 is 0 Å². The van der Waals surface area contributed by atoms with Crippen molar-refractivity contribution in [3.05, 3.63) is 63.7 Å². The standard InChI is InChI=1S/C18H21N3O3/c1-4-20(5-2)15-9-7-14(8-10-15)18(22)19-16-11-6-13(3)12-17(16)21(23)24/h6-12H,4-5H2,1-3H3,(H,19,22). The van der Waals surface area contributed by atoms with Gasteiger partial charge in [-0.15, -0.1) is 0 Å². The van der Waals surface area contributed by atoms with Crippen molar-refractivity contribution in [3.8, 4) is 0 Å². The van der Waals surface area contributed by atoms with E-state index in [0.717, 1.165) is 24.3 Å². The largest absolute Gasteiger partial charge is 0.372 e. The van der Waals surface area contributed by atoms with Gasteiger partial charge in [-0.1, -0.05) is 6.07 Å². The highest BCUT2D eigenvalue weighted by atomic mass is 16.6. The van der Waals surface area contributed by atoms with Crippen molar-refractivity contribution in [2.24, 2.45) is 0 Å². The summed E-state index contributed by atoms with van der Waals surface area (Å²) in [5.74, 6) is -0.368. The third kappa shape index (κ3) is 3.90. The molecule has 2 aromatic rings. The van der Waals surface area contributed by atoms with Crippen LogP contribution in [0.4, 0.5) is 17.1 Å². The molecule has 0 saturated heterocycles. The van der Waals surface area contributed by atoms with E-state index in [1.807, 2.05) is 12.1 Å². The monoisotopic (exact) mass is 327 g/mol. The number of hydrogen-bond donors (Lipinski definition) is 1. The Kier molecular flexibility index (Phi) is 5.52. The Bertz CT molecular complexity index is 738. The number of benzene rings is 2. The SMILES string of the molecule is CCN(CC)c1ccc(C(=O)Nc2ccc(C)cc2[N+](=O)[O-])cc1. The van der Waals surface area contributed by atoms with Crippen LogP contribution in [0.1, 0.15) is 29.8 Å². The topological polar surface area (TPSA) is 75.5 Å². The van der Waals surface area contributed by atoms with Crippen molar-refractivity contribution in [1.29, 1.82) is 0 Å². The lowest BCUT2D eigenvalue weighted by atomic mass is 10.1. The van der Waals surface area contributed by atoms with Gasteiger partial charge < -0.3 is 10.2 Å². The lowest BCUT2D eigenvalue weighted by Gasteiger charge is -2.21. The Labute approximate surface area is 141 Å². The molecule has 0 bridgehead atoms. The fourth-order valence-corrected chi connectivity index (χ4v) is 2.51. The van der Waals surface area contributed by atoms with Crippen LogP contribution in [0.15, 0.2) is 42.5 Å². The molecular formula is C18H21N3O3. The summed E-state index contributed by atoms with van der Waals surface area (Å²) in [5.41, 5.74) is 2.36. The Morgan fingerprint density at radius 2 is 1.75 bits per heavy atom.